The Morgan fingerprint density at radius 1 is 1.50 bits per heavy atom. The van der Waals surface area contributed by atoms with Crippen LogP contribution in [0.15, 0.2) is 18.5 Å². The predicted octanol–water partition coefficient (Wildman–Crippen LogP) is -2.96. The van der Waals surface area contributed by atoms with Crippen molar-refractivity contribution in [1.29, 1.82) is 0 Å². The van der Waals surface area contributed by atoms with Gasteiger partial charge in [0, 0.05) is 6.20 Å². The fourth-order valence-electron chi connectivity index (χ4n) is 0.192. The summed E-state index contributed by atoms with van der Waals surface area (Å²) in [5.41, 5.74) is 0. The van der Waals surface area contributed by atoms with Gasteiger partial charge < -0.3 is 10.2 Å². The van der Waals surface area contributed by atoms with E-state index in [4.69, 9.17) is 0 Å². The molecule has 26 valence electrons. The average Bonchev–Trinajstić information content (AvgIpc) is 1.76. The number of hydrogen-bond donors (Lipinski definition) is 0. The molecule has 1 heterocycles. The Hall–Kier alpha value is 0.846. The van der Waals surface area contributed by atoms with Gasteiger partial charge in [-0.25, -0.2) is 0 Å². The van der Waals surface area contributed by atoms with Gasteiger partial charge >= 0.3 is 51.4 Å². The van der Waals surface area contributed by atoms with Crippen molar-refractivity contribution in [3.63, 3.8) is 0 Å². The van der Waals surface area contributed by atoms with Crippen LogP contribution in [-0.4, -0.2) is 5.10 Å². The Bertz CT molecular complexity index is 65.3. The minimum atomic E-state index is 0. The van der Waals surface area contributed by atoms with E-state index < -0.39 is 0 Å². The summed E-state index contributed by atoms with van der Waals surface area (Å²) < 4.78 is 0. The molecule has 0 unspecified atom stereocenters. The molecule has 0 N–H and O–H groups in total. The standard InChI is InChI=1S/C3H3N2.K/c1-2-4-5-3-1;/h1-3H;/q-1;+1. The van der Waals surface area contributed by atoms with Gasteiger partial charge in [-0.1, -0.05) is 6.07 Å². The second-order valence-corrected chi connectivity index (χ2v) is 0.722. The Morgan fingerprint density at radius 2 is 2.33 bits per heavy atom. The van der Waals surface area contributed by atoms with Crippen LogP contribution in [0.1, 0.15) is 0 Å². The first-order valence-corrected chi connectivity index (χ1v) is 1.38. The second-order valence-electron chi connectivity index (χ2n) is 0.722. The maximum Gasteiger partial charge on any atom is 1.00 e. The van der Waals surface area contributed by atoms with Crippen molar-refractivity contribution < 1.29 is 51.4 Å². The van der Waals surface area contributed by atoms with E-state index in [2.05, 4.69) is 10.2 Å². The Kier molecular flexibility index (Phi) is 4.58. The normalized spacial score (nSPS) is 6.67. The van der Waals surface area contributed by atoms with Crippen LogP contribution in [0.5, 0.6) is 0 Å². The quantitative estimate of drug-likeness (QED) is 0.330. The van der Waals surface area contributed by atoms with Gasteiger partial charge in [-0.2, -0.15) is 6.20 Å². The summed E-state index contributed by atoms with van der Waals surface area (Å²) in [6, 6.07) is 1.78. The summed E-state index contributed by atoms with van der Waals surface area (Å²) in [6.07, 6.45) is 3.28. The Labute approximate surface area is 78.8 Å². The first kappa shape index (κ1) is 6.85. The van der Waals surface area contributed by atoms with Crippen molar-refractivity contribution in [2.45, 2.75) is 0 Å². The van der Waals surface area contributed by atoms with Crippen LogP contribution in [0.3, 0.4) is 0 Å². The summed E-state index contributed by atoms with van der Waals surface area (Å²) in [5, 5.41) is 6.94. The summed E-state index contributed by atoms with van der Waals surface area (Å²) in [5.74, 6) is 0. The maximum absolute atomic E-state index is 3.47. The van der Waals surface area contributed by atoms with Gasteiger partial charge in [0.2, 0.25) is 0 Å². The number of rotatable bonds is 0. The molecule has 0 radical (unpaired) electrons. The van der Waals surface area contributed by atoms with E-state index in [1.165, 1.54) is 0 Å². The zero-order chi connectivity index (χ0) is 3.54. The topological polar surface area (TPSA) is 27.0 Å². The molecule has 0 saturated heterocycles. The maximum atomic E-state index is 3.47. The van der Waals surface area contributed by atoms with Crippen molar-refractivity contribution in [3.8, 4) is 0 Å². The SMILES string of the molecule is [K+].c1cn[n-]c1. The third kappa shape index (κ3) is 2.10. The Balaban J connectivity index is 0.000000250. The first-order chi connectivity index (χ1) is 2.50. The molecule has 0 aliphatic carbocycles. The average molecular weight is 106 g/mol. The molecule has 0 atom stereocenters. The summed E-state index contributed by atoms with van der Waals surface area (Å²) in [4.78, 5) is 0. The van der Waals surface area contributed by atoms with E-state index in [-0.39, 0.29) is 51.4 Å². The first-order valence-electron chi connectivity index (χ1n) is 1.38. The molecule has 3 heteroatoms. The fraction of sp³-hybridized carbons (Fsp3) is 0. The van der Waals surface area contributed by atoms with Crippen LogP contribution in [-0.2, 0) is 0 Å². The second kappa shape index (κ2) is 4.02. The van der Waals surface area contributed by atoms with Crippen molar-refractivity contribution >= 4 is 0 Å². The third-order valence-electron chi connectivity index (χ3n) is 0.372. The summed E-state index contributed by atoms with van der Waals surface area (Å²) in [6.45, 7) is 0. The molecule has 0 aliphatic rings. The van der Waals surface area contributed by atoms with E-state index in [1.807, 2.05) is 0 Å². The Morgan fingerprint density at radius 3 is 2.50 bits per heavy atom. The summed E-state index contributed by atoms with van der Waals surface area (Å²) >= 11 is 0. The molecule has 0 spiro atoms. The van der Waals surface area contributed by atoms with Crippen LogP contribution in [0.25, 0.3) is 0 Å². The molecule has 0 saturated carbocycles. The van der Waals surface area contributed by atoms with Crippen LogP contribution in [0.2, 0.25) is 0 Å². The van der Waals surface area contributed by atoms with Gasteiger partial charge in [-0.3, -0.25) is 0 Å². The molecule has 0 fully saturated rings. The van der Waals surface area contributed by atoms with Crippen molar-refractivity contribution in [1.82, 2.24) is 10.2 Å². The van der Waals surface area contributed by atoms with Crippen molar-refractivity contribution in [3.05, 3.63) is 18.5 Å². The van der Waals surface area contributed by atoms with Gasteiger partial charge in [0.05, 0.1) is 0 Å². The molecule has 0 bridgehead atoms. The fourth-order valence-corrected chi connectivity index (χ4v) is 0.192. The van der Waals surface area contributed by atoms with E-state index in [1.54, 1.807) is 18.5 Å². The molecule has 0 aromatic carbocycles. The zero-order valence-corrected chi connectivity index (χ0v) is 6.75. The van der Waals surface area contributed by atoms with E-state index in [0.29, 0.717) is 0 Å². The van der Waals surface area contributed by atoms with Crippen LogP contribution in [0, 0.1) is 0 Å². The van der Waals surface area contributed by atoms with Gasteiger partial charge in [0.15, 0.2) is 0 Å². The molecule has 0 amide bonds. The largest absolute Gasteiger partial charge is 1.00 e. The molecular weight excluding hydrogens is 103 g/mol. The van der Waals surface area contributed by atoms with Crippen LogP contribution in [0.4, 0.5) is 0 Å². The van der Waals surface area contributed by atoms with E-state index in [9.17, 15) is 0 Å². The molecule has 1 rings (SSSR count). The summed E-state index contributed by atoms with van der Waals surface area (Å²) in [7, 11) is 0. The predicted molar refractivity (Wildman–Crippen MR) is 17.6 cm³/mol. The monoisotopic (exact) mass is 106 g/mol. The third-order valence-corrected chi connectivity index (χ3v) is 0.372. The number of nitrogens with zero attached hydrogens (tertiary/aromatic N) is 2. The van der Waals surface area contributed by atoms with Gasteiger partial charge in [0.25, 0.3) is 0 Å². The van der Waals surface area contributed by atoms with Gasteiger partial charge in [-0.05, 0) is 0 Å². The molecule has 6 heavy (non-hydrogen) atoms. The molecule has 1 aromatic heterocycles. The van der Waals surface area contributed by atoms with Crippen LogP contribution >= 0.6 is 0 Å². The molecular formula is C3H3KN2. The number of hydrogen-bond acceptors (Lipinski definition) is 1. The zero-order valence-electron chi connectivity index (χ0n) is 3.63. The molecule has 0 aliphatic heterocycles. The van der Waals surface area contributed by atoms with E-state index in [0.717, 1.165) is 0 Å². The molecule has 2 nitrogen and oxygen atoms in total. The molecule has 1 aromatic rings. The number of aromatic nitrogens is 2. The van der Waals surface area contributed by atoms with Crippen LogP contribution < -0.4 is 56.5 Å². The minimum absolute atomic E-state index is 0. The smallest absolute Gasteiger partial charge is 0.582 e. The van der Waals surface area contributed by atoms with Gasteiger partial charge in [0.1, 0.15) is 0 Å². The van der Waals surface area contributed by atoms with Gasteiger partial charge in [-0.15, -0.1) is 0 Å². The minimum Gasteiger partial charge on any atom is -0.582 e. The van der Waals surface area contributed by atoms with Crippen molar-refractivity contribution in [2.24, 2.45) is 0 Å². The van der Waals surface area contributed by atoms with Crippen molar-refractivity contribution in [2.75, 3.05) is 0 Å². The van der Waals surface area contributed by atoms with E-state index >= 15 is 0 Å².